The van der Waals surface area contributed by atoms with Crippen molar-refractivity contribution in [2.24, 2.45) is 7.05 Å². The molecule has 0 aliphatic rings. The van der Waals surface area contributed by atoms with Gasteiger partial charge in [0.25, 0.3) is 0 Å². The second kappa shape index (κ2) is 6.27. The topological polar surface area (TPSA) is 71.4 Å². The summed E-state index contributed by atoms with van der Waals surface area (Å²) in [5.41, 5.74) is 0.642. The van der Waals surface area contributed by atoms with E-state index in [0.717, 1.165) is 11.8 Å². The molecule has 2 N–H and O–H groups in total. The number of nitrogens with one attached hydrogen (secondary N) is 2. The van der Waals surface area contributed by atoms with Gasteiger partial charge in [0.2, 0.25) is 5.95 Å². The number of H-pyrrole nitrogens is 1. The molecule has 0 amide bonds. The molecule has 0 saturated carbocycles. The van der Waals surface area contributed by atoms with Crippen LogP contribution in [0.3, 0.4) is 0 Å². The maximum atomic E-state index is 12.7. The number of aryl methyl sites for hydroxylation is 1. The van der Waals surface area contributed by atoms with E-state index in [-0.39, 0.29) is 5.82 Å². The number of aromatic amines is 1. The van der Waals surface area contributed by atoms with E-state index in [2.05, 4.69) is 41.4 Å². The number of hydrogen-bond donors (Lipinski definition) is 2. The van der Waals surface area contributed by atoms with E-state index in [1.807, 2.05) is 12.1 Å². The molecule has 0 unspecified atom stereocenters. The van der Waals surface area contributed by atoms with Crippen LogP contribution in [-0.4, -0.2) is 24.7 Å². The van der Waals surface area contributed by atoms with Crippen LogP contribution in [-0.2, 0) is 19.8 Å². The molecular weight excluding hydrogens is 389 g/mol. The standard InChI is InChI=1S/C14H12BrF3N6/c1-24-7-10(14(16,17)18)20-11(24)9-4-2-8(3-5-9)6-19-13-21-12(15)22-23-13/h2-5,7H,6H2,1H3,(H2,19,21,22,23). The number of anilines is 1. The lowest BCUT2D eigenvalue weighted by Crippen LogP contribution is -2.04. The van der Waals surface area contributed by atoms with Gasteiger partial charge in [-0.25, -0.2) is 4.98 Å². The van der Waals surface area contributed by atoms with Gasteiger partial charge in [-0.15, -0.1) is 5.10 Å². The van der Waals surface area contributed by atoms with Crippen LogP contribution < -0.4 is 5.32 Å². The second-order valence-corrected chi connectivity index (χ2v) is 5.81. The third-order valence-corrected chi connectivity index (χ3v) is 3.64. The molecule has 2 aromatic heterocycles. The molecule has 0 aliphatic heterocycles. The third kappa shape index (κ3) is 3.58. The lowest BCUT2D eigenvalue weighted by molar-refractivity contribution is -0.140. The number of benzene rings is 1. The molecule has 0 atom stereocenters. The van der Waals surface area contributed by atoms with E-state index >= 15 is 0 Å². The van der Waals surface area contributed by atoms with Crippen molar-refractivity contribution in [3.63, 3.8) is 0 Å². The van der Waals surface area contributed by atoms with Crippen molar-refractivity contribution in [3.8, 4) is 11.4 Å². The number of aromatic nitrogens is 5. The highest BCUT2D eigenvalue weighted by atomic mass is 79.9. The van der Waals surface area contributed by atoms with Crippen LogP contribution in [0.15, 0.2) is 35.2 Å². The quantitative estimate of drug-likeness (QED) is 0.701. The Bertz CT molecular complexity index is 837. The molecule has 0 bridgehead atoms. The minimum atomic E-state index is -4.45. The van der Waals surface area contributed by atoms with Crippen LogP contribution in [0.4, 0.5) is 19.1 Å². The predicted molar refractivity (Wildman–Crippen MR) is 85.1 cm³/mol. The molecule has 0 fully saturated rings. The fraction of sp³-hybridized carbons (Fsp3) is 0.214. The summed E-state index contributed by atoms with van der Waals surface area (Å²) in [6.45, 7) is 0.485. The van der Waals surface area contributed by atoms with Gasteiger partial charge in [0, 0.05) is 25.4 Å². The molecule has 10 heteroatoms. The van der Waals surface area contributed by atoms with Crippen LogP contribution >= 0.6 is 15.9 Å². The molecule has 6 nitrogen and oxygen atoms in total. The number of hydrogen-bond acceptors (Lipinski definition) is 4. The van der Waals surface area contributed by atoms with E-state index < -0.39 is 11.9 Å². The number of rotatable bonds is 4. The summed E-state index contributed by atoms with van der Waals surface area (Å²) in [4.78, 5) is 7.72. The number of halogens is 4. The number of imidazole rings is 1. The average molecular weight is 401 g/mol. The fourth-order valence-corrected chi connectivity index (χ4v) is 2.40. The number of nitrogens with zero attached hydrogens (tertiary/aromatic N) is 4. The minimum absolute atomic E-state index is 0.264. The zero-order valence-electron chi connectivity index (χ0n) is 12.4. The van der Waals surface area contributed by atoms with Crippen molar-refractivity contribution < 1.29 is 13.2 Å². The van der Waals surface area contributed by atoms with E-state index in [9.17, 15) is 13.2 Å². The van der Waals surface area contributed by atoms with Crippen molar-refractivity contribution in [2.45, 2.75) is 12.7 Å². The highest BCUT2D eigenvalue weighted by molar-refractivity contribution is 9.10. The molecule has 126 valence electrons. The Labute approximate surface area is 143 Å². The van der Waals surface area contributed by atoms with Crippen LogP contribution in [0.25, 0.3) is 11.4 Å². The minimum Gasteiger partial charge on any atom is -0.349 e. The van der Waals surface area contributed by atoms with E-state index in [1.165, 1.54) is 11.6 Å². The largest absolute Gasteiger partial charge is 0.434 e. The first-order valence-electron chi connectivity index (χ1n) is 6.84. The molecule has 0 spiro atoms. The van der Waals surface area contributed by atoms with Crippen molar-refractivity contribution >= 4 is 21.9 Å². The Morgan fingerprint density at radius 1 is 1.21 bits per heavy atom. The van der Waals surface area contributed by atoms with Gasteiger partial charge in [0.05, 0.1) is 0 Å². The number of alkyl halides is 3. The summed E-state index contributed by atoms with van der Waals surface area (Å²) >= 11 is 3.16. The normalized spacial score (nSPS) is 11.7. The summed E-state index contributed by atoms with van der Waals surface area (Å²) in [5.74, 6) is 0.713. The van der Waals surface area contributed by atoms with Gasteiger partial charge in [0.15, 0.2) is 10.4 Å². The molecular formula is C14H12BrF3N6. The van der Waals surface area contributed by atoms with Crippen molar-refractivity contribution in [2.75, 3.05) is 5.32 Å². The molecule has 3 aromatic rings. The Balaban J connectivity index is 1.73. The first kappa shape index (κ1) is 16.5. The van der Waals surface area contributed by atoms with Gasteiger partial charge in [-0.05, 0) is 21.5 Å². The predicted octanol–water partition coefficient (Wildman–Crippen LogP) is 3.60. The van der Waals surface area contributed by atoms with Gasteiger partial charge >= 0.3 is 6.18 Å². The summed E-state index contributed by atoms with van der Waals surface area (Å²) < 4.78 is 40.1. The summed E-state index contributed by atoms with van der Waals surface area (Å²) in [6.07, 6.45) is -3.48. The summed E-state index contributed by atoms with van der Waals surface area (Å²) in [5, 5.41) is 9.59. The third-order valence-electron chi connectivity index (χ3n) is 3.29. The summed E-state index contributed by atoms with van der Waals surface area (Å²) in [7, 11) is 1.54. The zero-order chi connectivity index (χ0) is 17.3. The SMILES string of the molecule is Cn1cc(C(F)(F)F)nc1-c1ccc(CNc2n[nH]c(Br)n2)cc1. The van der Waals surface area contributed by atoms with Crippen molar-refractivity contribution in [1.82, 2.24) is 24.7 Å². The molecule has 3 rings (SSSR count). The van der Waals surface area contributed by atoms with Crippen LogP contribution in [0.5, 0.6) is 0 Å². The van der Waals surface area contributed by atoms with E-state index in [4.69, 9.17) is 0 Å². The smallest absolute Gasteiger partial charge is 0.349 e. The highest BCUT2D eigenvalue weighted by Crippen LogP contribution is 2.30. The van der Waals surface area contributed by atoms with E-state index in [0.29, 0.717) is 22.8 Å². The summed E-state index contributed by atoms with van der Waals surface area (Å²) in [6, 6.07) is 7.08. The maximum Gasteiger partial charge on any atom is 0.434 e. The van der Waals surface area contributed by atoms with Gasteiger partial charge in [-0.1, -0.05) is 24.3 Å². The molecule has 0 radical (unpaired) electrons. The van der Waals surface area contributed by atoms with Crippen molar-refractivity contribution in [3.05, 3.63) is 46.5 Å². The molecule has 0 aliphatic carbocycles. The van der Waals surface area contributed by atoms with E-state index in [1.54, 1.807) is 12.1 Å². The monoisotopic (exact) mass is 400 g/mol. The second-order valence-electron chi connectivity index (χ2n) is 5.06. The lowest BCUT2D eigenvalue weighted by Gasteiger charge is -2.05. The zero-order valence-corrected chi connectivity index (χ0v) is 14.0. The maximum absolute atomic E-state index is 12.7. The Morgan fingerprint density at radius 2 is 1.92 bits per heavy atom. The average Bonchev–Trinajstić information content (AvgIpc) is 3.11. The highest BCUT2D eigenvalue weighted by Gasteiger charge is 2.34. The van der Waals surface area contributed by atoms with Crippen LogP contribution in [0.1, 0.15) is 11.3 Å². The first-order chi connectivity index (χ1) is 11.3. The van der Waals surface area contributed by atoms with Crippen molar-refractivity contribution in [1.29, 1.82) is 0 Å². The molecule has 0 saturated heterocycles. The Hall–Kier alpha value is -2.36. The Morgan fingerprint density at radius 3 is 2.46 bits per heavy atom. The fourth-order valence-electron chi connectivity index (χ4n) is 2.15. The van der Waals surface area contributed by atoms with Gasteiger partial charge in [-0.3, -0.25) is 5.10 Å². The molecule has 1 aromatic carbocycles. The Kier molecular flexibility index (Phi) is 4.31. The first-order valence-corrected chi connectivity index (χ1v) is 7.64. The van der Waals surface area contributed by atoms with Gasteiger partial charge in [-0.2, -0.15) is 18.2 Å². The molecule has 24 heavy (non-hydrogen) atoms. The van der Waals surface area contributed by atoms with Crippen LogP contribution in [0, 0.1) is 0 Å². The van der Waals surface area contributed by atoms with Gasteiger partial charge < -0.3 is 9.88 Å². The molecule has 2 heterocycles. The lowest BCUT2D eigenvalue weighted by atomic mass is 10.1. The van der Waals surface area contributed by atoms with Gasteiger partial charge in [0.1, 0.15) is 5.82 Å². The van der Waals surface area contributed by atoms with Crippen LogP contribution in [0.2, 0.25) is 0 Å².